The van der Waals surface area contributed by atoms with Gasteiger partial charge in [0.05, 0.1) is 23.6 Å². The van der Waals surface area contributed by atoms with Crippen LogP contribution in [0.5, 0.6) is 0 Å². The Balaban J connectivity index is 1.89. The number of nitrogens with zero attached hydrogens (tertiary/aromatic N) is 1. The highest BCUT2D eigenvalue weighted by molar-refractivity contribution is 5.57. The topological polar surface area (TPSA) is 29.5 Å². The van der Waals surface area contributed by atoms with Crippen molar-refractivity contribution in [1.82, 2.24) is 5.06 Å². The third kappa shape index (κ3) is 3.75. The maximum atomic E-state index is 12.8. The Bertz CT molecular complexity index is 716. The minimum Gasteiger partial charge on any atom is -0.303 e. The molecule has 3 rings (SSSR count). The molecule has 0 saturated carbocycles. The van der Waals surface area contributed by atoms with Crippen molar-refractivity contribution in [2.75, 3.05) is 0 Å². The largest absolute Gasteiger partial charge is 0.416 e. The van der Waals surface area contributed by atoms with E-state index in [1.54, 1.807) is 12.0 Å². The lowest BCUT2D eigenvalue weighted by Gasteiger charge is -2.24. The van der Waals surface area contributed by atoms with E-state index in [1.807, 2.05) is 30.3 Å². The number of halogens is 3. The van der Waals surface area contributed by atoms with Crippen LogP contribution in [0.25, 0.3) is 0 Å². The summed E-state index contributed by atoms with van der Waals surface area (Å²) in [6, 6.07) is 14.1. The molecule has 1 saturated heterocycles. The van der Waals surface area contributed by atoms with Gasteiger partial charge in [-0.3, -0.25) is 4.84 Å². The molecule has 1 heterocycles. The average molecular weight is 349 g/mol. The van der Waals surface area contributed by atoms with Gasteiger partial charge in [0.2, 0.25) is 0 Å². The van der Waals surface area contributed by atoms with Crippen molar-refractivity contribution in [3.8, 4) is 0 Å². The normalized spacial score (nSPS) is 24.4. The maximum Gasteiger partial charge on any atom is 0.416 e. The number of benzene rings is 2. The van der Waals surface area contributed by atoms with Gasteiger partial charge in [0, 0.05) is 6.54 Å². The first kappa shape index (κ1) is 17.6. The molecule has 0 radical (unpaired) electrons. The van der Waals surface area contributed by atoms with Gasteiger partial charge >= 0.3 is 6.18 Å². The first-order valence-electron chi connectivity index (χ1n) is 8.00. The van der Waals surface area contributed by atoms with Gasteiger partial charge in [0.25, 0.3) is 0 Å². The van der Waals surface area contributed by atoms with Crippen molar-refractivity contribution in [2.45, 2.75) is 31.8 Å². The molecule has 0 N–H and O–H groups in total. The Kier molecular flexibility index (Phi) is 4.92. The van der Waals surface area contributed by atoms with E-state index in [0.29, 0.717) is 12.1 Å². The molecule has 25 heavy (non-hydrogen) atoms. The second-order valence-corrected chi connectivity index (χ2v) is 6.15. The Labute approximate surface area is 144 Å². The first-order chi connectivity index (χ1) is 11.9. The van der Waals surface area contributed by atoms with Crippen LogP contribution in [0.4, 0.5) is 13.2 Å². The minimum atomic E-state index is -4.38. The van der Waals surface area contributed by atoms with Gasteiger partial charge in [-0.05, 0) is 30.2 Å². The lowest BCUT2D eigenvalue weighted by molar-refractivity contribution is -0.166. The Morgan fingerprint density at radius 2 is 1.72 bits per heavy atom. The van der Waals surface area contributed by atoms with Gasteiger partial charge in [-0.15, -0.1) is 0 Å². The molecule has 3 nitrogen and oxygen atoms in total. The van der Waals surface area contributed by atoms with E-state index < -0.39 is 23.7 Å². The van der Waals surface area contributed by atoms with Gasteiger partial charge in [0.1, 0.15) is 6.29 Å². The number of hydrogen-bond acceptors (Lipinski definition) is 3. The van der Waals surface area contributed by atoms with Gasteiger partial charge in [-0.1, -0.05) is 42.5 Å². The molecule has 1 fully saturated rings. The summed E-state index contributed by atoms with van der Waals surface area (Å²) in [6.07, 6.45) is -3.91. The van der Waals surface area contributed by atoms with E-state index in [1.165, 1.54) is 12.1 Å². The van der Waals surface area contributed by atoms with Crippen molar-refractivity contribution in [3.05, 3.63) is 71.3 Å². The number of rotatable bonds is 4. The quantitative estimate of drug-likeness (QED) is 0.767. The zero-order chi connectivity index (χ0) is 18.0. The van der Waals surface area contributed by atoms with E-state index in [4.69, 9.17) is 4.84 Å². The van der Waals surface area contributed by atoms with Crippen LogP contribution in [0.2, 0.25) is 0 Å². The zero-order valence-electron chi connectivity index (χ0n) is 13.6. The number of carbonyl (C=O) groups excluding carboxylic acids is 1. The molecule has 0 amide bonds. The van der Waals surface area contributed by atoms with E-state index >= 15 is 0 Å². The van der Waals surface area contributed by atoms with Gasteiger partial charge in [-0.2, -0.15) is 18.2 Å². The Hall–Kier alpha value is -2.18. The fraction of sp³-hybridized carbons (Fsp3) is 0.316. The fourth-order valence-corrected chi connectivity index (χ4v) is 3.14. The molecule has 0 aromatic heterocycles. The summed E-state index contributed by atoms with van der Waals surface area (Å²) in [4.78, 5) is 17.4. The third-order valence-corrected chi connectivity index (χ3v) is 4.44. The lowest BCUT2D eigenvalue weighted by Crippen LogP contribution is -2.25. The van der Waals surface area contributed by atoms with Crippen LogP contribution in [0.1, 0.15) is 29.7 Å². The SMILES string of the molecule is C[C@@H]1ON(Cc2ccccc2)[C@@H](c2ccc(C(F)(F)F)cc2)[C@H]1C=O. The number of carbonyl (C=O) groups is 1. The van der Waals surface area contributed by atoms with Crippen LogP contribution in [-0.4, -0.2) is 17.5 Å². The number of alkyl halides is 3. The van der Waals surface area contributed by atoms with Crippen molar-refractivity contribution in [3.63, 3.8) is 0 Å². The molecule has 132 valence electrons. The Morgan fingerprint density at radius 3 is 2.28 bits per heavy atom. The summed E-state index contributed by atoms with van der Waals surface area (Å²) >= 11 is 0. The number of hydrogen-bond donors (Lipinski definition) is 0. The maximum absolute atomic E-state index is 12.8. The molecule has 2 aromatic rings. The minimum absolute atomic E-state index is 0.339. The summed E-state index contributed by atoms with van der Waals surface area (Å²) in [5.41, 5.74) is 0.920. The summed E-state index contributed by atoms with van der Waals surface area (Å²) in [7, 11) is 0. The van der Waals surface area contributed by atoms with Crippen molar-refractivity contribution in [2.24, 2.45) is 5.92 Å². The summed E-state index contributed by atoms with van der Waals surface area (Å²) in [6.45, 7) is 2.24. The molecule has 2 aromatic carbocycles. The molecule has 0 unspecified atom stereocenters. The van der Waals surface area contributed by atoms with Gasteiger partial charge in [-0.25, -0.2) is 0 Å². The van der Waals surface area contributed by atoms with Crippen LogP contribution in [0.3, 0.4) is 0 Å². The Morgan fingerprint density at radius 1 is 1.08 bits per heavy atom. The van der Waals surface area contributed by atoms with Crippen molar-refractivity contribution < 1.29 is 22.8 Å². The molecule has 1 aliphatic rings. The van der Waals surface area contributed by atoms with Crippen LogP contribution in [0.15, 0.2) is 54.6 Å². The number of aldehydes is 1. The van der Waals surface area contributed by atoms with E-state index in [-0.39, 0.29) is 6.10 Å². The van der Waals surface area contributed by atoms with Crippen molar-refractivity contribution >= 4 is 6.29 Å². The predicted octanol–water partition coefficient (Wildman–Crippen LogP) is 4.40. The smallest absolute Gasteiger partial charge is 0.303 e. The highest BCUT2D eigenvalue weighted by atomic mass is 19.4. The summed E-state index contributed by atoms with van der Waals surface area (Å²) in [5, 5.41) is 1.68. The molecule has 1 aliphatic heterocycles. The highest BCUT2D eigenvalue weighted by Crippen LogP contribution is 2.40. The van der Waals surface area contributed by atoms with Crippen LogP contribution >= 0.6 is 0 Å². The van der Waals surface area contributed by atoms with Crippen LogP contribution < -0.4 is 0 Å². The average Bonchev–Trinajstić information content (AvgIpc) is 2.90. The molecular weight excluding hydrogens is 331 g/mol. The molecule has 6 heteroatoms. The zero-order valence-corrected chi connectivity index (χ0v) is 13.6. The monoisotopic (exact) mass is 349 g/mol. The van der Waals surface area contributed by atoms with Crippen molar-refractivity contribution in [1.29, 1.82) is 0 Å². The molecular formula is C19H18F3NO2. The van der Waals surface area contributed by atoms with Gasteiger partial charge < -0.3 is 4.79 Å². The fourth-order valence-electron chi connectivity index (χ4n) is 3.14. The second kappa shape index (κ2) is 6.98. The van der Waals surface area contributed by atoms with E-state index in [2.05, 4.69) is 0 Å². The standard InChI is InChI=1S/C19H18F3NO2/c1-13-17(12-24)18(15-7-9-16(10-8-15)19(20,21)22)23(25-13)11-14-5-3-2-4-6-14/h2-10,12-13,17-18H,11H2,1H3/t13-,17-,18-/m0/s1. The second-order valence-electron chi connectivity index (χ2n) is 6.15. The number of hydroxylamine groups is 2. The lowest BCUT2D eigenvalue weighted by atomic mass is 9.90. The summed E-state index contributed by atoms with van der Waals surface area (Å²) < 4.78 is 38.3. The van der Waals surface area contributed by atoms with Crippen LogP contribution in [0, 0.1) is 5.92 Å². The molecule has 0 aliphatic carbocycles. The summed E-state index contributed by atoms with van der Waals surface area (Å²) in [5.74, 6) is -0.444. The molecule has 0 spiro atoms. The van der Waals surface area contributed by atoms with Crippen LogP contribution in [-0.2, 0) is 22.4 Å². The highest BCUT2D eigenvalue weighted by Gasteiger charge is 2.42. The van der Waals surface area contributed by atoms with E-state index in [0.717, 1.165) is 24.0 Å². The molecule has 3 atom stereocenters. The molecule has 0 bridgehead atoms. The predicted molar refractivity (Wildman–Crippen MR) is 86.3 cm³/mol. The third-order valence-electron chi connectivity index (χ3n) is 4.44. The van der Waals surface area contributed by atoms with E-state index in [9.17, 15) is 18.0 Å². The first-order valence-corrected chi connectivity index (χ1v) is 8.00. The van der Waals surface area contributed by atoms with Gasteiger partial charge in [0.15, 0.2) is 0 Å².